The predicted octanol–water partition coefficient (Wildman–Crippen LogP) is 4.65. The Morgan fingerprint density at radius 2 is 1.62 bits per heavy atom. The van der Waals surface area contributed by atoms with E-state index in [1.807, 2.05) is 6.92 Å². The van der Waals surface area contributed by atoms with E-state index in [1.165, 1.54) is 29.2 Å². The first-order chi connectivity index (χ1) is 18.6. The van der Waals surface area contributed by atoms with Crippen LogP contribution in [0.25, 0.3) is 22.2 Å². The Kier molecular flexibility index (Phi) is 9.03. The number of unbranched alkanes of at least 4 members (excludes halogenated alkanes) is 2. The summed E-state index contributed by atoms with van der Waals surface area (Å²) in [5.41, 5.74) is -4.17. The van der Waals surface area contributed by atoms with E-state index in [9.17, 15) is 36.6 Å². The normalized spacial score (nSPS) is 11.8. The van der Waals surface area contributed by atoms with Crippen molar-refractivity contribution in [1.82, 2.24) is 24.7 Å². The van der Waals surface area contributed by atoms with Crippen molar-refractivity contribution >= 4 is 10.8 Å². The summed E-state index contributed by atoms with van der Waals surface area (Å²) < 4.78 is 66.3. The molecule has 0 radical (unpaired) electrons. The molecule has 9 nitrogen and oxygen atoms in total. The minimum absolute atomic E-state index is 0.00294. The third-order valence-electron chi connectivity index (χ3n) is 5.85. The largest absolute Gasteiger partial charge is 0.505 e. The number of hydrogen-bond donors (Lipinski definition) is 3. The van der Waals surface area contributed by atoms with Crippen molar-refractivity contribution in [2.24, 2.45) is 0 Å². The number of aliphatic hydroxyl groups is 1. The van der Waals surface area contributed by atoms with E-state index in [0.717, 1.165) is 25.3 Å². The number of aromatic hydroxyl groups is 1. The fraction of sp³-hybridized carbons (Fsp3) is 0.346. The Labute approximate surface area is 224 Å². The number of aryl methyl sites for hydroxylation is 1. The van der Waals surface area contributed by atoms with E-state index in [-0.39, 0.29) is 22.2 Å². The molecule has 0 aliphatic rings. The van der Waals surface area contributed by atoms with Gasteiger partial charge in [0.2, 0.25) is 0 Å². The minimum atomic E-state index is -4.86. The number of halogens is 5. The first-order valence-corrected chi connectivity index (χ1v) is 12.1. The zero-order valence-corrected chi connectivity index (χ0v) is 21.7. The van der Waals surface area contributed by atoms with Crippen LogP contribution in [0.1, 0.15) is 51.2 Å². The lowest BCUT2D eigenvalue weighted by atomic mass is 10.0. The summed E-state index contributed by atoms with van der Waals surface area (Å²) in [7, 11) is 0. The second kappa shape index (κ2) is 11.9. The van der Waals surface area contributed by atoms with Crippen LogP contribution in [0.4, 0.5) is 22.0 Å². The van der Waals surface area contributed by atoms with Crippen LogP contribution in [0, 0.1) is 11.6 Å². The molecule has 0 bridgehead atoms. The number of hydrogen-bond acceptors (Lipinski definition) is 7. The van der Waals surface area contributed by atoms with Crippen LogP contribution >= 0.6 is 0 Å². The van der Waals surface area contributed by atoms with Crippen molar-refractivity contribution in [3.05, 3.63) is 80.4 Å². The van der Waals surface area contributed by atoms with E-state index < -0.39 is 45.8 Å². The Hall–Kier alpha value is -4.20. The molecule has 14 heteroatoms. The van der Waals surface area contributed by atoms with Gasteiger partial charge >= 0.3 is 6.18 Å². The molecule has 0 aliphatic heterocycles. The van der Waals surface area contributed by atoms with Crippen LogP contribution in [0.15, 0.2) is 46.5 Å². The third-order valence-corrected chi connectivity index (χ3v) is 5.85. The van der Waals surface area contributed by atoms with E-state index in [2.05, 4.69) is 15.1 Å². The summed E-state index contributed by atoms with van der Waals surface area (Å²) in [4.78, 5) is 31.3. The number of benzene rings is 1. The lowest BCUT2D eigenvalue weighted by Crippen LogP contribution is -2.22. The van der Waals surface area contributed by atoms with Gasteiger partial charge in [0.05, 0.1) is 22.7 Å². The standard InChI is InChI=1S/C21H23F2N3O2.C5H3F3N2O2/c1-4-5-6-7-26-12-18(23)14-8-16(17(22)9-15(14)20(26)27)19-24-10-13(11-25-19)21(2,3)28;6-5(7,8)3-2(11)1-9-10-4(3)12/h8-12,28H,4-7H2,1-3H3;1H,(H2,10,11,12). The lowest BCUT2D eigenvalue weighted by Gasteiger charge is -2.16. The topological polar surface area (TPSA) is 134 Å². The van der Waals surface area contributed by atoms with Crippen molar-refractivity contribution in [2.45, 2.75) is 58.4 Å². The number of nitrogens with zero attached hydrogens (tertiary/aromatic N) is 4. The third kappa shape index (κ3) is 6.86. The molecule has 0 amide bonds. The van der Waals surface area contributed by atoms with Gasteiger partial charge in [-0.05, 0) is 32.4 Å². The SMILES string of the molecule is CCCCCn1cc(F)c2cc(-c3ncc(C(C)(C)O)cn3)c(F)cc2c1=O.O=c1[nH]ncc(O)c1C(F)(F)F. The maximum Gasteiger partial charge on any atom is 0.425 e. The lowest BCUT2D eigenvalue weighted by molar-refractivity contribution is -0.140. The summed E-state index contributed by atoms with van der Waals surface area (Å²) in [5, 5.41) is 23.2. The Balaban J connectivity index is 0.000000307. The van der Waals surface area contributed by atoms with Gasteiger partial charge in [-0.15, -0.1) is 0 Å². The van der Waals surface area contributed by atoms with Gasteiger partial charge in [0.25, 0.3) is 11.1 Å². The molecule has 0 fully saturated rings. The zero-order chi connectivity index (χ0) is 29.8. The molecule has 3 aromatic heterocycles. The highest BCUT2D eigenvalue weighted by Crippen LogP contribution is 2.31. The molecule has 1 aromatic carbocycles. The van der Waals surface area contributed by atoms with E-state index in [1.54, 1.807) is 18.9 Å². The number of H-pyrrole nitrogens is 1. The molecule has 0 aliphatic carbocycles. The van der Waals surface area contributed by atoms with Crippen LogP contribution in [0.5, 0.6) is 5.75 Å². The summed E-state index contributed by atoms with van der Waals surface area (Å²) in [6.45, 7) is 5.60. The Morgan fingerprint density at radius 3 is 2.15 bits per heavy atom. The monoisotopic (exact) mass is 567 g/mol. The van der Waals surface area contributed by atoms with Gasteiger partial charge in [0, 0.05) is 36.1 Å². The van der Waals surface area contributed by atoms with Crippen molar-refractivity contribution in [3.8, 4) is 17.1 Å². The molecule has 3 N–H and O–H groups in total. The average molecular weight is 568 g/mol. The highest BCUT2D eigenvalue weighted by molar-refractivity contribution is 5.86. The Bertz CT molecular complexity index is 1610. The van der Waals surface area contributed by atoms with Gasteiger partial charge in [0.15, 0.2) is 17.1 Å². The minimum Gasteiger partial charge on any atom is -0.505 e. The number of alkyl halides is 3. The van der Waals surface area contributed by atoms with Gasteiger partial charge < -0.3 is 14.8 Å². The molecule has 4 aromatic rings. The summed E-state index contributed by atoms with van der Waals surface area (Å²) >= 11 is 0. The second-order valence-electron chi connectivity index (χ2n) is 9.37. The predicted molar refractivity (Wildman–Crippen MR) is 135 cm³/mol. The molecule has 3 heterocycles. The van der Waals surface area contributed by atoms with Gasteiger partial charge in [-0.2, -0.15) is 18.3 Å². The summed E-state index contributed by atoms with van der Waals surface area (Å²) in [6, 6.07) is 2.30. The Morgan fingerprint density at radius 1 is 0.975 bits per heavy atom. The van der Waals surface area contributed by atoms with Crippen molar-refractivity contribution in [1.29, 1.82) is 0 Å². The molecular weight excluding hydrogens is 541 g/mol. The first kappa shape index (κ1) is 30.3. The van der Waals surface area contributed by atoms with Crippen LogP contribution in [-0.4, -0.2) is 34.9 Å². The van der Waals surface area contributed by atoms with Gasteiger partial charge in [-0.1, -0.05) is 19.8 Å². The number of fused-ring (bicyclic) bond motifs is 1. The second-order valence-corrected chi connectivity index (χ2v) is 9.37. The van der Waals surface area contributed by atoms with Gasteiger partial charge in [-0.3, -0.25) is 9.59 Å². The van der Waals surface area contributed by atoms with E-state index in [0.29, 0.717) is 18.3 Å². The fourth-order valence-corrected chi connectivity index (χ4v) is 3.68. The van der Waals surface area contributed by atoms with Crippen LogP contribution in [0.3, 0.4) is 0 Å². The molecule has 0 spiro atoms. The number of nitrogens with one attached hydrogen (secondary N) is 1. The maximum atomic E-state index is 14.7. The highest BCUT2D eigenvalue weighted by atomic mass is 19.4. The van der Waals surface area contributed by atoms with Gasteiger partial charge in [-0.25, -0.2) is 23.8 Å². The molecule has 0 saturated heterocycles. The van der Waals surface area contributed by atoms with E-state index in [4.69, 9.17) is 5.11 Å². The zero-order valence-electron chi connectivity index (χ0n) is 21.7. The molecule has 40 heavy (non-hydrogen) atoms. The molecule has 4 rings (SSSR count). The van der Waals surface area contributed by atoms with E-state index >= 15 is 0 Å². The number of rotatable bonds is 6. The highest BCUT2D eigenvalue weighted by Gasteiger charge is 2.37. The van der Waals surface area contributed by atoms with Crippen LogP contribution < -0.4 is 11.1 Å². The molecule has 214 valence electrons. The average Bonchev–Trinajstić information content (AvgIpc) is 2.86. The summed E-state index contributed by atoms with van der Waals surface area (Å²) in [6.07, 6.45) is 2.28. The number of aromatic amines is 1. The quantitative estimate of drug-likeness (QED) is 0.228. The van der Waals surface area contributed by atoms with Gasteiger partial charge in [0.1, 0.15) is 11.6 Å². The van der Waals surface area contributed by atoms with Crippen molar-refractivity contribution < 1.29 is 32.2 Å². The molecule has 0 saturated carbocycles. The smallest absolute Gasteiger partial charge is 0.425 e. The maximum absolute atomic E-state index is 14.7. The number of pyridine rings is 1. The number of aromatic nitrogens is 5. The van der Waals surface area contributed by atoms with Crippen molar-refractivity contribution in [2.75, 3.05) is 0 Å². The first-order valence-electron chi connectivity index (χ1n) is 12.1. The fourth-order valence-electron chi connectivity index (χ4n) is 3.68. The van der Waals surface area contributed by atoms with Crippen LogP contribution in [0.2, 0.25) is 0 Å². The molecule has 0 unspecified atom stereocenters. The van der Waals surface area contributed by atoms with Crippen molar-refractivity contribution in [3.63, 3.8) is 0 Å². The molecule has 0 atom stereocenters. The van der Waals surface area contributed by atoms with Crippen LogP contribution in [-0.2, 0) is 18.3 Å². The molecular formula is C26H26F5N5O4. The summed E-state index contributed by atoms with van der Waals surface area (Å²) in [5.74, 6) is -2.42.